The molecule has 0 saturated heterocycles. The largest absolute Gasteiger partial charge is 0.497 e. The minimum Gasteiger partial charge on any atom is -0.497 e. The molecule has 161 valence electrons. The van der Waals surface area contributed by atoms with Crippen LogP contribution in [0.25, 0.3) is 0 Å². The molecule has 0 heterocycles. The summed E-state index contributed by atoms with van der Waals surface area (Å²) in [6, 6.07) is 37.8. The standard InChI is InChI=1S/C22H21O2.C7H7.Y/c1-22(2,17-9-13-19(23-3)14-10-17)18-11-15-21(16-12-18)24-20-7-5-4-6-8-20;1-7-5-3-2-4-6-7;/h5-16H,1-3H3;3-6H,1H3;/q2*-1;. The van der Waals surface area contributed by atoms with E-state index in [1.54, 1.807) is 7.11 Å². The van der Waals surface area contributed by atoms with Gasteiger partial charge in [0.2, 0.25) is 0 Å². The smallest absolute Gasteiger partial charge is 0.124 e. The van der Waals surface area contributed by atoms with Gasteiger partial charge in [-0.25, -0.2) is 0 Å². The van der Waals surface area contributed by atoms with Crippen molar-refractivity contribution in [3.8, 4) is 17.2 Å². The van der Waals surface area contributed by atoms with Crippen molar-refractivity contribution in [3.05, 3.63) is 126 Å². The Labute approximate surface area is 217 Å². The Hall–Kier alpha value is -2.42. The van der Waals surface area contributed by atoms with E-state index >= 15 is 0 Å². The Morgan fingerprint density at radius 1 is 0.594 bits per heavy atom. The average Bonchev–Trinajstić information content (AvgIpc) is 2.81. The number of hydrogen-bond acceptors (Lipinski definition) is 2. The van der Waals surface area contributed by atoms with E-state index < -0.39 is 0 Å². The van der Waals surface area contributed by atoms with Gasteiger partial charge in [0.15, 0.2) is 0 Å². The number of benzene rings is 4. The van der Waals surface area contributed by atoms with Crippen LogP contribution in [0.15, 0.2) is 97.1 Å². The maximum atomic E-state index is 5.85. The third-order valence-corrected chi connectivity index (χ3v) is 5.20. The van der Waals surface area contributed by atoms with Crippen molar-refractivity contribution in [1.29, 1.82) is 0 Å². The Balaban J connectivity index is 0.000000388. The summed E-state index contributed by atoms with van der Waals surface area (Å²) in [6.45, 7) is 6.50. The van der Waals surface area contributed by atoms with Crippen molar-refractivity contribution in [1.82, 2.24) is 0 Å². The molecule has 0 amide bonds. The summed E-state index contributed by atoms with van der Waals surface area (Å²) in [7, 11) is 1.68. The van der Waals surface area contributed by atoms with Crippen molar-refractivity contribution >= 4 is 0 Å². The number of methoxy groups -OCH3 is 1. The van der Waals surface area contributed by atoms with Crippen molar-refractivity contribution in [2.24, 2.45) is 0 Å². The second kappa shape index (κ2) is 12.6. The zero-order valence-corrected chi connectivity index (χ0v) is 22.0. The van der Waals surface area contributed by atoms with Gasteiger partial charge in [0, 0.05) is 43.9 Å². The third-order valence-electron chi connectivity index (χ3n) is 5.20. The Morgan fingerprint density at radius 3 is 1.41 bits per heavy atom. The number of hydrogen-bond donors (Lipinski definition) is 0. The predicted octanol–water partition coefficient (Wildman–Crippen LogP) is 7.41. The molecule has 32 heavy (non-hydrogen) atoms. The van der Waals surface area contributed by atoms with Crippen LogP contribution >= 0.6 is 0 Å². The molecular weight excluding hydrogens is 469 g/mol. The molecule has 0 aliphatic rings. The first-order valence-electron chi connectivity index (χ1n) is 10.3. The quantitative estimate of drug-likeness (QED) is 0.268. The minimum absolute atomic E-state index is 0. The van der Waals surface area contributed by atoms with E-state index in [2.05, 4.69) is 57.2 Å². The van der Waals surface area contributed by atoms with Crippen LogP contribution in [0.3, 0.4) is 0 Å². The summed E-state index contributed by atoms with van der Waals surface area (Å²) in [5.74, 6) is 2.52. The topological polar surface area (TPSA) is 18.5 Å². The Morgan fingerprint density at radius 2 is 1.00 bits per heavy atom. The molecule has 0 unspecified atom stereocenters. The van der Waals surface area contributed by atoms with Crippen LogP contribution in [0.2, 0.25) is 0 Å². The minimum atomic E-state index is -0.0908. The molecule has 0 N–H and O–H groups in total. The molecule has 4 aromatic rings. The van der Waals surface area contributed by atoms with E-state index in [0.717, 1.165) is 17.2 Å². The van der Waals surface area contributed by atoms with Gasteiger partial charge < -0.3 is 9.47 Å². The van der Waals surface area contributed by atoms with Gasteiger partial charge in [-0.3, -0.25) is 0 Å². The first-order chi connectivity index (χ1) is 15.0. The van der Waals surface area contributed by atoms with Crippen LogP contribution in [-0.4, -0.2) is 7.11 Å². The van der Waals surface area contributed by atoms with Gasteiger partial charge in [-0.1, -0.05) is 45.0 Å². The van der Waals surface area contributed by atoms with Crippen LogP contribution in [0.1, 0.15) is 30.5 Å². The summed E-state index contributed by atoms with van der Waals surface area (Å²) in [5.41, 5.74) is 3.68. The van der Waals surface area contributed by atoms with E-state index in [1.165, 1.54) is 16.7 Å². The molecule has 0 bridgehead atoms. The first-order valence-corrected chi connectivity index (χ1v) is 10.3. The molecule has 1 radical (unpaired) electrons. The molecule has 0 aromatic heterocycles. The summed E-state index contributed by atoms with van der Waals surface area (Å²) in [4.78, 5) is 0. The molecule has 0 fully saturated rings. The normalized spacial score (nSPS) is 10.2. The van der Waals surface area contributed by atoms with E-state index in [-0.39, 0.29) is 38.1 Å². The maximum absolute atomic E-state index is 5.85. The fraction of sp³-hybridized carbons (Fsp3) is 0.172. The van der Waals surface area contributed by atoms with Gasteiger partial charge in [0.05, 0.1) is 7.11 Å². The van der Waals surface area contributed by atoms with E-state index in [4.69, 9.17) is 9.47 Å². The number of ether oxygens (including phenoxy) is 2. The number of rotatable bonds is 5. The van der Waals surface area contributed by atoms with Crippen LogP contribution < -0.4 is 9.47 Å². The molecular formula is C29H28O2Y-2. The molecule has 4 rings (SSSR count). The molecule has 0 atom stereocenters. The van der Waals surface area contributed by atoms with Crippen molar-refractivity contribution in [3.63, 3.8) is 0 Å². The second-order valence-electron chi connectivity index (χ2n) is 7.79. The Bertz CT molecular complexity index is 1040. The Kier molecular flexibility index (Phi) is 10.2. The van der Waals surface area contributed by atoms with Gasteiger partial charge in [-0.15, -0.1) is 12.1 Å². The second-order valence-corrected chi connectivity index (χ2v) is 7.79. The molecule has 0 saturated carbocycles. The summed E-state index contributed by atoms with van der Waals surface area (Å²) >= 11 is 0. The van der Waals surface area contributed by atoms with Gasteiger partial charge in [0.25, 0.3) is 0 Å². The summed E-state index contributed by atoms with van der Waals surface area (Å²) in [6.07, 6.45) is 0. The SMILES string of the molecule is COc1ccc(C(C)(C)c2ccc(Oc3cc[c-]cc3)cc2)cc1.Cc1cc[c-]cc1.[Y]. The van der Waals surface area contributed by atoms with Crippen molar-refractivity contribution < 1.29 is 42.2 Å². The summed E-state index contributed by atoms with van der Waals surface area (Å²) < 4.78 is 11.1. The molecule has 0 spiro atoms. The van der Waals surface area contributed by atoms with Crippen LogP contribution in [-0.2, 0) is 38.1 Å². The van der Waals surface area contributed by atoms with E-state index in [0.29, 0.717) is 0 Å². The summed E-state index contributed by atoms with van der Waals surface area (Å²) in [5, 5.41) is 0. The first kappa shape index (κ1) is 25.8. The number of aryl methyl sites for hydroxylation is 1. The molecule has 0 aliphatic carbocycles. The molecule has 4 aromatic carbocycles. The predicted molar refractivity (Wildman–Crippen MR) is 127 cm³/mol. The van der Waals surface area contributed by atoms with Gasteiger partial charge in [-0.2, -0.15) is 54.1 Å². The zero-order valence-electron chi connectivity index (χ0n) is 19.1. The third kappa shape index (κ3) is 7.33. The van der Waals surface area contributed by atoms with Crippen LogP contribution in [0, 0.1) is 19.1 Å². The molecule has 3 heteroatoms. The average molecular weight is 497 g/mol. The van der Waals surface area contributed by atoms with Crippen molar-refractivity contribution in [2.75, 3.05) is 7.11 Å². The van der Waals surface area contributed by atoms with Gasteiger partial charge in [0.1, 0.15) is 11.5 Å². The zero-order chi connectivity index (χ0) is 22.1. The maximum Gasteiger partial charge on any atom is 0.124 e. The molecule has 2 nitrogen and oxygen atoms in total. The fourth-order valence-electron chi connectivity index (χ4n) is 3.16. The van der Waals surface area contributed by atoms with Crippen LogP contribution in [0.5, 0.6) is 17.2 Å². The van der Waals surface area contributed by atoms with Crippen molar-refractivity contribution in [2.45, 2.75) is 26.2 Å². The fourth-order valence-corrected chi connectivity index (χ4v) is 3.16. The van der Waals surface area contributed by atoms with Crippen LogP contribution in [0.4, 0.5) is 0 Å². The monoisotopic (exact) mass is 497 g/mol. The molecule has 0 aliphatic heterocycles. The van der Waals surface area contributed by atoms with Gasteiger partial charge >= 0.3 is 0 Å². The van der Waals surface area contributed by atoms with Gasteiger partial charge in [-0.05, 0) is 35.4 Å². The van der Waals surface area contributed by atoms with E-state index in [1.807, 2.05) is 72.8 Å². The van der Waals surface area contributed by atoms with E-state index in [9.17, 15) is 0 Å².